The fraction of sp³-hybridized carbons (Fsp3) is 0.455. The number of aliphatic hydroxyl groups excluding tert-OH is 1. The van der Waals surface area contributed by atoms with E-state index in [1.807, 2.05) is 6.92 Å². The van der Waals surface area contributed by atoms with Crippen LogP contribution in [0.15, 0.2) is 29.2 Å². The lowest BCUT2D eigenvalue weighted by Crippen LogP contribution is -2.52. The van der Waals surface area contributed by atoms with Crippen molar-refractivity contribution in [1.82, 2.24) is 4.31 Å². The molecule has 1 atom stereocenters. The number of rotatable bonds is 3. The van der Waals surface area contributed by atoms with Gasteiger partial charge in [0.15, 0.2) is 0 Å². The summed E-state index contributed by atoms with van der Waals surface area (Å²) in [5.74, 6) is 0. The van der Waals surface area contributed by atoms with Crippen molar-refractivity contribution in [3.63, 3.8) is 0 Å². The second-order valence-corrected chi connectivity index (χ2v) is 5.94. The summed E-state index contributed by atoms with van der Waals surface area (Å²) in [5.41, 5.74) is 1.03. The van der Waals surface area contributed by atoms with Crippen molar-refractivity contribution < 1.29 is 13.5 Å². The Hall–Kier alpha value is -0.910. The van der Waals surface area contributed by atoms with Crippen LogP contribution in [0, 0.1) is 6.92 Å². The Kier molecular flexibility index (Phi) is 3.01. The number of benzene rings is 1. The molecule has 1 fully saturated rings. The average molecular weight is 241 g/mol. The number of aryl methyl sites for hydroxylation is 1. The van der Waals surface area contributed by atoms with Crippen molar-refractivity contribution in [2.45, 2.75) is 24.3 Å². The summed E-state index contributed by atoms with van der Waals surface area (Å²) in [6, 6.07) is 6.53. The van der Waals surface area contributed by atoms with E-state index in [1.165, 1.54) is 4.31 Å². The first-order chi connectivity index (χ1) is 7.55. The molecule has 1 aliphatic heterocycles. The van der Waals surface area contributed by atoms with Crippen LogP contribution in [-0.2, 0) is 10.0 Å². The van der Waals surface area contributed by atoms with Gasteiger partial charge in [-0.1, -0.05) is 17.7 Å². The Bertz CT molecular complexity index is 465. The van der Waals surface area contributed by atoms with E-state index < -0.39 is 10.0 Å². The molecule has 1 aliphatic rings. The molecule has 88 valence electrons. The quantitative estimate of drug-likeness (QED) is 0.849. The smallest absolute Gasteiger partial charge is 0.243 e. The van der Waals surface area contributed by atoms with E-state index in [0.29, 0.717) is 11.4 Å². The van der Waals surface area contributed by atoms with Crippen LogP contribution in [0.25, 0.3) is 0 Å². The number of nitrogens with zero attached hydrogens (tertiary/aromatic N) is 1. The third-order valence-electron chi connectivity index (χ3n) is 2.93. The zero-order valence-corrected chi connectivity index (χ0v) is 9.94. The largest absolute Gasteiger partial charge is 0.395 e. The van der Waals surface area contributed by atoms with E-state index in [1.54, 1.807) is 24.3 Å². The lowest BCUT2D eigenvalue weighted by molar-refractivity contribution is 0.116. The van der Waals surface area contributed by atoms with Gasteiger partial charge in [0.05, 0.1) is 11.5 Å². The third kappa shape index (κ3) is 1.86. The summed E-state index contributed by atoms with van der Waals surface area (Å²) in [6.45, 7) is 2.31. The first-order valence-electron chi connectivity index (χ1n) is 5.25. The summed E-state index contributed by atoms with van der Waals surface area (Å²) >= 11 is 0. The molecule has 1 saturated heterocycles. The molecule has 0 saturated carbocycles. The van der Waals surface area contributed by atoms with E-state index in [4.69, 9.17) is 5.11 Å². The molecular formula is C11H15NO3S. The van der Waals surface area contributed by atoms with Gasteiger partial charge in [0.2, 0.25) is 10.0 Å². The monoisotopic (exact) mass is 241 g/mol. The summed E-state index contributed by atoms with van der Waals surface area (Å²) in [7, 11) is -3.41. The molecule has 1 N–H and O–H groups in total. The fourth-order valence-electron chi connectivity index (χ4n) is 1.76. The molecule has 0 spiro atoms. The van der Waals surface area contributed by atoms with Crippen molar-refractivity contribution in [2.24, 2.45) is 0 Å². The van der Waals surface area contributed by atoms with Crippen LogP contribution in [0.3, 0.4) is 0 Å². The highest BCUT2D eigenvalue weighted by atomic mass is 32.2. The van der Waals surface area contributed by atoms with Gasteiger partial charge in [-0.05, 0) is 25.5 Å². The van der Waals surface area contributed by atoms with Crippen LogP contribution in [-0.4, -0.2) is 37.0 Å². The molecule has 1 aromatic rings. The van der Waals surface area contributed by atoms with Crippen LogP contribution in [0.1, 0.15) is 12.0 Å². The van der Waals surface area contributed by atoms with Crippen LogP contribution in [0.2, 0.25) is 0 Å². The van der Waals surface area contributed by atoms with E-state index >= 15 is 0 Å². The topological polar surface area (TPSA) is 57.6 Å². The minimum atomic E-state index is -3.41. The normalized spacial score (nSPS) is 21.8. The second kappa shape index (κ2) is 4.16. The molecule has 1 heterocycles. The molecule has 0 bridgehead atoms. The highest BCUT2D eigenvalue weighted by Crippen LogP contribution is 2.26. The molecular weight excluding hydrogens is 226 g/mol. The summed E-state index contributed by atoms with van der Waals surface area (Å²) in [5, 5.41) is 9.00. The van der Waals surface area contributed by atoms with Crippen LogP contribution >= 0.6 is 0 Å². The third-order valence-corrected chi connectivity index (χ3v) is 4.89. The number of aliphatic hydroxyl groups is 1. The molecule has 16 heavy (non-hydrogen) atoms. The Morgan fingerprint density at radius 3 is 2.44 bits per heavy atom. The van der Waals surface area contributed by atoms with E-state index in [-0.39, 0.29) is 12.6 Å². The number of hydrogen-bond acceptors (Lipinski definition) is 3. The number of hydrogen-bond donors (Lipinski definition) is 1. The molecule has 0 aliphatic carbocycles. The zero-order chi connectivity index (χ0) is 11.8. The van der Waals surface area contributed by atoms with Crippen LogP contribution in [0.4, 0.5) is 0 Å². The van der Waals surface area contributed by atoms with Crippen molar-refractivity contribution >= 4 is 10.0 Å². The fourth-order valence-corrected chi connectivity index (χ4v) is 3.42. The summed E-state index contributed by atoms with van der Waals surface area (Å²) in [6.07, 6.45) is 0.738. The van der Waals surface area contributed by atoms with Gasteiger partial charge in [0.25, 0.3) is 0 Å². The summed E-state index contributed by atoms with van der Waals surface area (Å²) in [4.78, 5) is 0.302. The van der Waals surface area contributed by atoms with Crippen molar-refractivity contribution in [3.05, 3.63) is 29.8 Å². The molecule has 5 heteroatoms. The van der Waals surface area contributed by atoms with Gasteiger partial charge < -0.3 is 5.11 Å². The Balaban J connectivity index is 2.29. The maximum atomic E-state index is 12.1. The minimum absolute atomic E-state index is 0.106. The first-order valence-corrected chi connectivity index (χ1v) is 6.69. The van der Waals surface area contributed by atoms with Crippen LogP contribution in [0.5, 0.6) is 0 Å². The predicted molar refractivity (Wildman–Crippen MR) is 60.6 cm³/mol. The molecule has 0 radical (unpaired) electrons. The zero-order valence-electron chi connectivity index (χ0n) is 9.13. The maximum absolute atomic E-state index is 12.1. The van der Waals surface area contributed by atoms with Gasteiger partial charge in [-0.3, -0.25) is 0 Å². The average Bonchev–Trinajstić information content (AvgIpc) is 2.16. The second-order valence-electron chi connectivity index (χ2n) is 4.05. The van der Waals surface area contributed by atoms with Gasteiger partial charge in [0.1, 0.15) is 0 Å². The van der Waals surface area contributed by atoms with E-state index in [0.717, 1.165) is 12.0 Å². The van der Waals surface area contributed by atoms with Gasteiger partial charge in [-0.15, -0.1) is 0 Å². The molecule has 0 amide bonds. The lowest BCUT2D eigenvalue weighted by atomic mass is 10.1. The van der Waals surface area contributed by atoms with Gasteiger partial charge >= 0.3 is 0 Å². The predicted octanol–water partition coefficient (Wildman–Crippen LogP) is 0.750. The Morgan fingerprint density at radius 2 is 2.00 bits per heavy atom. The SMILES string of the molecule is Cc1ccc(S(=O)(=O)N2CC[C@H]2CO)cc1. The van der Waals surface area contributed by atoms with Gasteiger partial charge in [-0.2, -0.15) is 4.31 Å². The highest BCUT2D eigenvalue weighted by Gasteiger charge is 2.37. The molecule has 1 aromatic carbocycles. The Morgan fingerprint density at radius 1 is 1.38 bits per heavy atom. The summed E-state index contributed by atoms with van der Waals surface area (Å²) < 4.78 is 25.6. The number of sulfonamides is 1. The molecule has 4 nitrogen and oxygen atoms in total. The maximum Gasteiger partial charge on any atom is 0.243 e. The van der Waals surface area contributed by atoms with E-state index in [2.05, 4.69) is 0 Å². The molecule has 2 rings (SSSR count). The standard InChI is InChI=1S/C11H15NO3S/c1-9-2-4-11(5-3-9)16(14,15)12-7-6-10(12)8-13/h2-5,10,13H,6-8H2,1H3/t10-/m0/s1. The lowest BCUT2D eigenvalue weighted by Gasteiger charge is -2.38. The van der Waals surface area contributed by atoms with Gasteiger partial charge in [-0.25, -0.2) is 8.42 Å². The van der Waals surface area contributed by atoms with Crippen molar-refractivity contribution in [2.75, 3.05) is 13.2 Å². The first kappa shape index (κ1) is 11.6. The molecule has 0 aromatic heterocycles. The van der Waals surface area contributed by atoms with Gasteiger partial charge in [0, 0.05) is 12.6 Å². The van der Waals surface area contributed by atoms with Crippen LogP contribution < -0.4 is 0 Å². The molecule has 0 unspecified atom stereocenters. The van der Waals surface area contributed by atoms with E-state index in [9.17, 15) is 8.42 Å². The van der Waals surface area contributed by atoms with Crippen molar-refractivity contribution in [3.8, 4) is 0 Å². The Labute approximate surface area is 95.6 Å². The van der Waals surface area contributed by atoms with Crippen molar-refractivity contribution in [1.29, 1.82) is 0 Å². The minimum Gasteiger partial charge on any atom is -0.395 e. The highest BCUT2D eigenvalue weighted by molar-refractivity contribution is 7.89.